The van der Waals surface area contributed by atoms with E-state index in [0.29, 0.717) is 0 Å². The number of hydrogen-bond donors (Lipinski definition) is 0. The third-order valence-corrected chi connectivity index (χ3v) is 4.55. The Kier molecular flexibility index (Phi) is 4.55. The van der Waals surface area contributed by atoms with Gasteiger partial charge in [0.15, 0.2) is 23.0 Å². The largest absolute Gasteiger partial charge is 0.425 e. The Morgan fingerprint density at radius 2 is 1.00 bits per heavy atom. The monoisotopic (exact) mass is 374 g/mol. The standard InChI is InChI=1S/C19H18O8/c20-9-24-13-7-15(26-18(22)11-3-4-11)16(27-19(23)12-5-6-12)8-14(13)25-17(21)10-1-2-10/h7-12H,1-6H2. The van der Waals surface area contributed by atoms with E-state index in [1.54, 1.807) is 0 Å². The number of ether oxygens (including phenoxy) is 4. The van der Waals surface area contributed by atoms with Gasteiger partial charge in [0.1, 0.15) is 0 Å². The van der Waals surface area contributed by atoms with Crippen LogP contribution in [-0.2, 0) is 19.2 Å². The molecular weight excluding hydrogens is 356 g/mol. The maximum atomic E-state index is 12.1. The first-order valence-electron chi connectivity index (χ1n) is 8.98. The van der Waals surface area contributed by atoms with Crippen LogP contribution in [0.1, 0.15) is 38.5 Å². The molecule has 3 aliphatic rings. The lowest BCUT2D eigenvalue weighted by Crippen LogP contribution is -2.15. The Bertz CT molecular complexity index is 802. The second-order valence-corrected chi connectivity index (χ2v) is 7.05. The predicted molar refractivity (Wildman–Crippen MR) is 88.2 cm³/mol. The highest BCUT2D eigenvalue weighted by atomic mass is 16.6. The van der Waals surface area contributed by atoms with Crippen LogP contribution < -0.4 is 18.9 Å². The fraction of sp³-hybridized carbons (Fsp3) is 0.474. The van der Waals surface area contributed by atoms with E-state index >= 15 is 0 Å². The Morgan fingerprint density at radius 1 is 0.667 bits per heavy atom. The van der Waals surface area contributed by atoms with E-state index in [2.05, 4.69) is 0 Å². The van der Waals surface area contributed by atoms with Crippen LogP contribution in [0.25, 0.3) is 0 Å². The smallest absolute Gasteiger partial charge is 0.314 e. The van der Waals surface area contributed by atoms with Gasteiger partial charge in [0.05, 0.1) is 17.8 Å². The van der Waals surface area contributed by atoms with Crippen LogP contribution in [-0.4, -0.2) is 24.4 Å². The Morgan fingerprint density at radius 3 is 1.33 bits per heavy atom. The molecule has 1 aromatic rings. The summed E-state index contributed by atoms with van der Waals surface area (Å²) in [5, 5.41) is 0. The van der Waals surface area contributed by atoms with Crippen LogP contribution >= 0.6 is 0 Å². The summed E-state index contributed by atoms with van der Waals surface area (Å²) in [5.74, 6) is -2.14. The molecule has 0 bridgehead atoms. The third-order valence-electron chi connectivity index (χ3n) is 4.55. The first-order chi connectivity index (χ1) is 13.0. The average molecular weight is 374 g/mol. The number of carbonyl (C=O) groups is 4. The molecule has 0 N–H and O–H groups in total. The summed E-state index contributed by atoms with van der Waals surface area (Å²) >= 11 is 0. The highest BCUT2D eigenvalue weighted by molar-refractivity contribution is 5.82. The summed E-state index contributed by atoms with van der Waals surface area (Å²) in [6.07, 6.45) is 4.44. The average Bonchev–Trinajstić information content (AvgIpc) is 3.51. The number of esters is 3. The molecule has 3 fully saturated rings. The van der Waals surface area contributed by atoms with E-state index in [9.17, 15) is 19.2 Å². The third kappa shape index (κ3) is 4.27. The Hall–Kier alpha value is -2.90. The Balaban J connectivity index is 1.63. The van der Waals surface area contributed by atoms with Gasteiger partial charge in [-0.2, -0.15) is 0 Å². The summed E-state index contributed by atoms with van der Waals surface area (Å²) in [5.41, 5.74) is 0. The number of carbonyl (C=O) groups excluding carboxylic acids is 4. The van der Waals surface area contributed by atoms with Gasteiger partial charge in [0.25, 0.3) is 6.47 Å². The SMILES string of the molecule is O=COc1cc(OC(=O)C2CC2)c(OC(=O)C2CC2)cc1OC(=O)C1CC1. The molecule has 0 aromatic heterocycles. The summed E-state index contributed by atoms with van der Waals surface area (Å²) < 4.78 is 20.8. The van der Waals surface area contributed by atoms with Crippen molar-refractivity contribution in [3.8, 4) is 23.0 Å². The molecular formula is C19H18O8. The van der Waals surface area contributed by atoms with Gasteiger partial charge in [-0.3, -0.25) is 19.2 Å². The highest BCUT2D eigenvalue weighted by Crippen LogP contribution is 2.43. The van der Waals surface area contributed by atoms with Gasteiger partial charge >= 0.3 is 17.9 Å². The maximum Gasteiger partial charge on any atom is 0.314 e. The highest BCUT2D eigenvalue weighted by Gasteiger charge is 2.36. The zero-order valence-corrected chi connectivity index (χ0v) is 14.5. The van der Waals surface area contributed by atoms with Crippen LogP contribution in [0.15, 0.2) is 12.1 Å². The summed E-state index contributed by atoms with van der Waals surface area (Å²) in [4.78, 5) is 46.9. The lowest BCUT2D eigenvalue weighted by Gasteiger charge is -2.14. The lowest BCUT2D eigenvalue weighted by atomic mass is 10.2. The van der Waals surface area contributed by atoms with E-state index in [1.807, 2.05) is 0 Å². The quantitative estimate of drug-likeness (QED) is 0.387. The van der Waals surface area contributed by atoms with E-state index in [-0.39, 0.29) is 47.2 Å². The molecule has 0 saturated heterocycles. The maximum absolute atomic E-state index is 12.1. The predicted octanol–water partition coefficient (Wildman–Crippen LogP) is 2.17. The van der Waals surface area contributed by atoms with Crippen molar-refractivity contribution in [2.45, 2.75) is 38.5 Å². The molecule has 0 radical (unpaired) electrons. The first-order valence-corrected chi connectivity index (χ1v) is 8.98. The van der Waals surface area contributed by atoms with Gasteiger partial charge in [-0.05, 0) is 38.5 Å². The molecule has 0 atom stereocenters. The molecule has 1 aromatic carbocycles. The fourth-order valence-electron chi connectivity index (χ4n) is 2.44. The van der Waals surface area contributed by atoms with Crippen LogP contribution in [0, 0.1) is 17.8 Å². The van der Waals surface area contributed by atoms with Gasteiger partial charge in [0, 0.05) is 12.1 Å². The van der Waals surface area contributed by atoms with Crippen LogP contribution in [0.4, 0.5) is 0 Å². The van der Waals surface area contributed by atoms with Crippen LogP contribution in [0.3, 0.4) is 0 Å². The van der Waals surface area contributed by atoms with Crippen molar-refractivity contribution in [2.24, 2.45) is 17.8 Å². The van der Waals surface area contributed by atoms with Gasteiger partial charge in [0.2, 0.25) is 0 Å². The lowest BCUT2D eigenvalue weighted by molar-refractivity contribution is -0.138. The van der Waals surface area contributed by atoms with Crippen molar-refractivity contribution < 1.29 is 38.1 Å². The molecule has 27 heavy (non-hydrogen) atoms. The minimum absolute atomic E-state index is 0.0438. The second-order valence-electron chi connectivity index (χ2n) is 7.05. The van der Waals surface area contributed by atoms with Crippen molar-refractivity contribution in [3.63, 3.8) is 0 Å². The molecule has 142 valence electrons. The van der Waals surface area contributed by atoms with Crippen molar-refractivity contribution >= 4 is 24.4 Å². The summed E-state index contributed by atoms with van der Waals surface area (Å²) in [6.45, 7) is 0.173. The number of benzene rings is 1. The minimum Gasteiger partial charge on any atom is -0.425 e. The molecule has 0 aliphatic heterocycles. The molecule has 3 saturated carbocycles. The minimum atomic E-state index is -0.451. The van der Waals surface area contributed by atoms with Crippen molar-refractivity contribution in [1.82, 2.24) is 0 Å². The van der Waals surface area contributed by atoms with E-state index in [4.69, 9.17) is 18.9 Å². The molecule has 0 spiro atoms. The zero-order valence-electron chi connectivity index (χ0n) is 14.5. The van der Waals surface area contributed by atoms with E-state index < -0.39 is 17.9 Å². The molecule has 8 nitrogen and oxygen atoms in total. The molecule has 0 unspecified atom stereocenters. The topological polar surface area (TPSA) is 105 Å². The van der Waals surface area contributed by atoms with Gasteiger partial charge in [-0.15, -0.1) is 0 Å². The van der Waals surface area contributed by atoms with E-state index in [1.165, 1.54) is 12.1 Å². The number of hydrogen-bond acceptors (Lipinski definition) is 8. The zero-order chi connectivity index (χ0) is 19.0. The van der Waals surface area contributed by atoms with E-state index in [0.717, 1.165) is 38.5 Å². The normalized spacial score (nSPS) is 18.4. The van der Waals surface area contributed by atoms with Crippen molar-refractivity contribution in [3.05, 3.63) is 12.1 Å². The molecule has 8 heteroatoms. The Labute approximate surface area is 154 Å². The van der Waals surface area contributed by atoms with Gasteiger partial charge in [-0.1, -0.05) is 0 Å². The molecule has 3 aliphatic carbocycles. The van der Waals surface area contributed by atoms with Crippen molar-refractivity contribution in [2.75, 3.05) is 0 Å². The van der Waals surface area contributed by atoms with Gasteiger partial charge < -0.3 is 18.9 Å². The summed E-state index contributed by atoms with van der Waals surface area (Å²) in [6, 6.07) is 2.47. The second kappa shape index (κ2) is 7.02. The van der Waals surface area contributed by atoms with Crippen molar-refractivity contribution in [1.29, 1.82) is 0 Å². The van der Waals surface area contributed by atoms with Crippen LogP contribution in [0.5, 0.6) is 23.0 Å². The summed E-state index contributed by atoms with van der Waals surface area (Å²) in [7, 11) is 0. The fourth-order valence-corrected chi connectivity index (χ4v) is 2.44. The molecule has 0 heterocycles. The number of rotatable bonds is 8. The van der Waals surface area contributed by atoms with Gasteiger partial charge in [-0.25, -0.2) is 0 Å². The molecule has 4 rings (SSSR count). The molecule has 0 amide bonds. The first kappa shape index (κ1) is 17.5. The van der Waals surface area contributed by atoms with Crippen LogP contribution in [0.2, 0.25) is 0 Å².